The minimum Gasteiger partial charge on any atom is -0.396 e. The Balaban J connectivity index is 2.13. The fourth-order valence-electron chi connectivity index (χ4n) is 2.49. The molecule has 0 aliphatic rings. The van der Waals surface area contributed by atoms with E-state index in [9.17, 15) is 9.90 Å². The molecule has 0 radical (unpaired) electrons. The second-order valence-corrected chi connectivity index (χ2v) is 5.52. The van der Waals surface area contributed by atoms with Crippen LogP contribution in [0.5, 0.6) is 0 Å². The molecule has 0 aliphatic carbocycles. The Morgan fingerprint density at radius 1 is 1.30 bits per heavy atom. The number of carbonyl (C=O) groups is 1. The van der Waals surface area contributed by atoms with Crippen molar-refractivity contribution in [1.82, 2.24) is 9.88 Å². The molecule has 0 fully saturated rings. The molecule has 0 bridgehead atoms. The van der Waals surface area contributed by atoms with Crippen molar-refractivity contribution in [3.8, 4) is 0 Å². The lowest BCUT2D eigenvalue weighted by Gasteiger charge is -2.27. The predicted octanol–water partition coefficient (Wildman–Crippen LogP) is 2.99. The van der Waals surface area contributed by atoms with Gasteiger partial charge in [-0.25, -0.2) is 0 Å². The molecule has 4 nitrogen and oxygen atoms in total. The molecule has 1 atom stereocenters. The van der Waals surface area contributed by atoms with Gasteiger partial charge < -0.3 is 10.0 Å². The van der Waals surface area contributed by atoms with Crippen LogP contribution in [0.15, 0.2) is 54.9 Å². The number of aryl methyl sites for hydroxylation is 1. The molecule has 120 valence electrons. The average molecular weight is 310 g/mol. The Morgan fingerprint density at radius 3 is 2.70 bits per heavy atom. The summed E-state index contributed by atoms with van der Waals surface area (Å²) in [5.41, 5.74) is 2.96. The summed E-state index contributed by atoms with van der Waals surface area (Å²) in [5.74, 6) is -0.103. The van der Waals surface area contributed by atoms with Crippen molar-refractivity contribution in [2.24, 2.45) is 0 Å². The highest BCUT2D eigenvalue weighted by Gasteiger charge is 2.19. The highest BCUT2D eigenvalue weighted by atomic mass is 16.3. The molecule has 4 heteroatoms. The van der Waals surface area contributed by atoms with Crippen molar-refractivity contribution in [3.63, 3.8) is 0 Å². The van der Waals surface area contributed by atoms with E-state index in [1.54, 1.807) is 36.5 Å². The maximum absolute atomic E-state index is 12.4. The van der Waals surface area contributed by atoms with Crippen LogP contribution in [0.25, 0.3) is 6.08 Å². The number of aliphatic hydroxyl groups is 1. The Labute approximate surface area is 137 Å². The number of pyridine rings is 1. The molecule has 0 aliphatic heterocycles. The van der Waals surface area contributed by atoms with E-state index in [0.717, 1.165) is 16.7 Å². The second-order valence-electron chi connectivity index (χ2n) is 5.52. The first-order valence-electron chi connectivity index (χ1n) is 7.64. The average Bonchev–Trinajstić information content (AvgIpc) is 2.58. The first-order chi connectivity index (χ1) is 11.1. The largest absolute Gasteiger partial charge is 0.396 e. The molecule has 1 N–H and O–H groups in total. The number of likely N-dealkylation sites (N-methyl/N-ethyl adjacent to an activating group) is 1. The summed E-state index contributed by atoms with van der Waals surface area (Å²) in [4.78, 5) is 18.2. The van der Waals surface area contributed by atoms with E-state index in [2.05, 4.69) is 4.98 Å². The van der Waals surface area contributed by atoms with Gasteiger partial charge in [0.15, 0.2) is 0 Å². The fraction of sp³-hybridized carbons (Fsp3) is 0.263. The van der Waals surface area contributed by atoms with Crippen LogP contribution in [0, 0.1) is 6.92 Å². The van der Waals surface area contributed by atoms with E-state index < -0.39 is 0 Å². The van der Waals surface area contributed by atoms with E-state index in [1.807, 2.05) is 43.3 Å². The number of rotatable bonds is 6. The first kappa shape index (κ1) is 16.9. The molecule has 0 saturated carbocycles. The minimum atomic E-state index is -0.144. The van der Waals surface area contributed by atoms with Gasteiger partial charge in [0.25, 0.3) is 0 Å². The minimum absolute atomic E-state index is 0.0305. The molecular formula is C19H22N2O2. The molecule has 2 aromatic rings. The second kappa shape index (κ2) is 8.25. The van der Waals surface area contributed by atoms with Gasteiger partial charge in [-0.3, -0.25) is 9.78 Å². The van der Waals surface area contributed by atoms with Crippen LogP contribution in [0.3, 0.4) is 0 Å². The Bertz CT molecular complexity index is 668. The van der Waals surface area contributed by atoms with E-state index >= 15 is 0 Å². The van der Waals surface area contributed by atoms with Crippen molar-refractivity contribution in [3.05, 3.63) is 71.6 Å². The molecule has 1 amide bonds. The molecule has 0 saturated heterocycles. The van der Waals surface area contributed by atoms with Gasteiger partial charge >= 0.3 is 0 Å². The predicted molar refractivity (Wildman–Crippen MR) is 91.7 cm³/mol. The van der Waals surface area contributed by atoms with Crippen LogP contribution in [0.4, 0.5) is 0 Å². The van der Waals surface area contributed by atoms with E-state index in [-0.39, 0.29) is 18.6 Å². The SMILES string of the molecule is Cc1cncc(/C=C/C(=O)N(C)C(CCO)c2ccccc2)c1. The summed E-state index contributed by atoms with van der Waals surface area (Å²) < 4.78 is 0. The van der Waals surface area contributed by atoms with Crippen molar-refractivity contribution in [2.75, 3.05) is 13.7 Å². The van der Waals surface area contributed by atoms with Gasteiger partial charge in [-0.15, -0.1) is 0 Å². The van der Waals surface area contributed by atoms with Gasteiger partial charge in [0.1, 0.15) is 0 Å². The molecule has 1 heterocycles. The number of amides is 1. The summed E-state index contributed by atoms with van der Waals surface area (Å²) >= 11 is 0. The Kier molecular flexibility index (Phi) is 6.06. The van der Waals surface area contributed by atoms with Crippen molar-refractivity contribution in [2.45, 2.75) is 19.4 Å². The van der Waals surface area contributed by atoms with Crippen molar-refractivity contribution in [1.29, 1.82) is 0 Å². The first-order valence-corrected chi connectivity index (χ1v) is 7.64. The Hall–Kier alpha value is -2.46. The summed E-state index contributed by atoms with van der Waals surface area (Å²) in [5, 5.41) is 9.30. The van der Waals surface area contributed by atoms with E-state index in [0.29, 0.717) is 6.42 Å². The quantitative estimate of drug-likeness (QED) is 0.835. The summed E-state index contributed by atoms with van der Waals surface area (Å²) in [6, 6.07) is 11.6. The molecule has 23 heavy (non-hydrogen) atoms. The van der Waals surface area contributed by atoms with Crippen LogP contribution >= 0.6 is 0 Å². The summed E-state index contributed by atoms with van der Waals surface area (Å²) in [7, 11) is 1.76. The highest BCUT2D eigenvalue weighted by Crippen LogP contribution is 2.23. The fourth-order valence-corrected chi connectivity index (χ4v) is 2.49. The third kappa shape index (κ3) is 4.76. The molecule has 1 aromatic carbocycles. The van der Waals surface area contributed by atoms with Gasteiger partial charge in [-0.2, -0.15) is 0 Å². The standard InChI is InChI=1S/C19H22N2O2/c1-15-12-16(14-20-13-15)8-9-19(23)21(2)18(10-11-22)17-6-4-3-5-7-17/h3-9,12-14,18,22H,10-11H2,1-2H3/b9-8+. The molecule has 1 aromatic heterocycles. The number of aromatic nitrogens is 1. The van der Waals surface area contributed by atoms with Gasteiger partial charge in [-0.1, -0.05) is 30.3 Å². The number of hydrogen-bond donors (Lipinski definition) is 1. The van der Waals surface area contributed by atoms with E-state index in [4.69, 9.17) is 0 Å². The zero-order valence-corrected chi connectivity index (χ0v) is 13.5. The number of nitrogens with zero attached hydrogens (tertiary/aromatic N) is 2. The lowest BCUT2D eigenvalue weighted by molar-refractivity contribution is -0.127. The van der Waals surface area contributed by atoms with Crippen molar-refractivity contribution < 1.29 is 9.90 Å². The zero-order chi connectivity index (χ0) is 16.7. The number of benzene rings is 1. The molecule has 0 spiro atoms. The smallest absolute Gasteiger partial charge is 0.246 e. The lowest BCUT2D eigenvalue weighted by Crippen LogP contribution is -2.30. The molecule has 1 unspecified atom stereocenters. The van der Waals surface area contributed by atoms with Crippen LogP contribution in [0.1, 0.15) is 29.2 Å². The monoisotopic (exact) mass is 310 g/mol. The summed E-state index contributed by atoms with van der Waals surface area (Å²) in [6.07, 6.45) is 7.31. The van der Waals surface area contributed by atoms with Crippen LogP contribution in [0.2, 0.25) is 0 Å². The number of carbonyl (C=O) groups excluding carboxylic acids is 1. The maximum Gasteiger partial charge on any atom is 0.246 e. The maximum atomic E-state index is 12.4. The third-order valence-electron chi connectivity index (χ3n) is 3.72. The highest BCUT2D eigenvalue weighted by molar-refractivity contribution is 5.91. The zero-order valence-electron chi connectivity index (χ0n) is 13.5. The van der Waals surface area contributed by atoms with Crippen LogP contribution in [-0.4, -0.2) is 34.6 Å². The molecule has 2 rings (SSSR count). The van der Waals surface area contributed by atoms with Crippen LogP contribution in [-0.2, 0) is 4.79 Å². The van der Waals surface area contributed by atoms with Gasteiger partial charge in [0.2, 0.25) is 5.91 Å². The normalized spacial score (nSPS) is 12.3. The lowest BCUT2D eigenvalue weighted by atomic mass is 10.0. The van der Waals surface area contributed by atoms with E-state index in [1.165, 1.54) is 0 Å². The number of hydrogen-bond acceptors (Lipinski definition) is 3. The third-order valence-corrected chi connectivity index (χ3v) is 3.72. The summed E-state index contributed by atoms with van der Waals surface area (Å²) in [6.45, 7) is 1.99. The number of aliphatic hydroxyl groups excluding tert-OH is 1. The van der Waals surface area contributed by atoms with Gasteiger partial charge in [-0.05, 0) is 42.2 Å². The van der Waals surface area contributed by atoms with Crippen LogP contribution < -0.4 is 0 Å². The Morgan fingerprint density at radius 2 is 2.04 bits per heavy atom. The van der Waals surface area contributed by atoms with Gasteiger partial charge in [0, 0.05) is 32.1 Å². The molecular weight excluding hydrogens is 288 g/mol. The van der Waals surface area contributed by atoms with Gasteiger partial charge in [0.05, 0.1) is 6.04 Å². The van der Waals surface area contributed by atoms with Crippen molar-refractivity contribution >= 4 is 12.0 Å². The topological polar surface area (TPSA) is 53.4 Å².